The smallest absolute Gasteiger partial charge is 0.278 e. The minimum atomic E-state index is -1.74. The molecule has 0 N–H and O–H groups in total. The third-order valence-corrected chi connectivity index (χ3v) is 2.91. The number of benzene rings is 2. The molecular formula is C16H14F2O2. The van der Waals surface area contributed by atoms with Gasteiger partial charge in [-0.3, -0.25) is 0 Å². The maximum absolute atomic E-state index is 13.3. The molecule has 0 heterocycles. The van der Waals surface area contributed by atoms with E-state index in [1.165, 1.54) is 14.2 Å². The second-order valence-corrected chi connectivity index (χ2v) is 4.10. The van der Waals surface area contributed by atoms with Gasteiger partial charge < -0.3 is 9.47 Å². The SMILES string of the molecule is COc1cccc(C(=C(F)F)c2cccc(OC)c2)c1. The Balaban J connectivity index is 2.54. The van der Waals surface area contributed by atoms with E-state index >= 15 is 0 Å². The van der Waals surface area contributed by atoms with Crippen LogP contribution in [0.15, 0.2) is 54.6 Å². The molecule has 2 aromatic rings. The second kappa shape index (κ2) is 6.19. The molecule has 20 heavy (non-hydrogen) atoms. The van der Waals surface area contributed by atoms with Crippen molar-refractivity contribution < 1.29 is 18.3 Å². The summed E-state index contributed by atoms with van der Waals surface area (Å²) in [6.07, 6.45) is -1.74. The van der Waals surface area contributed by atoms with E-state index in [9.17, 15) is 8.78 Å². The number of hydrogen-bond acceptors (Lipinski definition) is 2. The first-order valence-electron chi connectivity index (χ1n) is 6.00. The summed E-state index contributed by atoms with van der Waals surface area (Å²) in [5.41, 5.74) is 0.679. The van der Waals surface area contributed by atoms with E-state index in [0.29, 0.717) is 22.6 Å². The summed E-state index contributed by atoms with van der Waals surface area (Å²) in [5.74, 6) is 1.06. The Kier molecular flexibility index (Phi) is 4.35. The van der Waals surface area contributed by atoms with Gasteiger partial charge in [0, 0.05) is 0 Å². The molecule has 0 aromatic heterocycles. The summed E-state index contributed by atoms with van der Waals surface area (Å²) >= 11 is 0. The van der Waals surface area contributed by atoms with Crippen LogP contribution in [0.4, 0.5) is 8.78 Å². The number of methoxy groups -OCH3 is 2. The van der Waals surface area contributed by atoms with Crippen molar-refractivity contribution in [3.05, 3.63) is 65.7 Å². The van der Waals surface area contributed by atoms with E-state index in [2.05, 4.69) is 0 Å². The lowest BCUT2D eigenvalue weighted by atomic mass is 9.98. The summed E-state index contributed by atoms with van der Waals surface area (Å²) in [6, 6.07) is 13.2. The lowest BCUT2D eigenvalue weighted by Crippen LogP contribution is -1.92. The zero-order valence-electron chi connectivity index (χ0n) is 11.2. The average Bonchev–Trinajstić information content (AvgIpc) is 2.47. The standard InChI is InChI=1S/C16H14F2O2/c1-19-13-7-3-5-11(9-13)15(16(17)18)12-6-4-8-14(10-12)20-2/h3-10H,1-2H3. The molecule has 0 unspecified atom stereocenters. The van der Waals surface area contributed by atoms with Crippen molar-refractivity contribution in [2.45, 2.75) is 0 Å². The Morgan fingerprint density at radius 1 is 0.800 bits per heavy atom. The fourth-order valence-corrected chi connectivity index (χ4v) is 1.94. The Bertz CT molecular complexity index is 582. The molecule has 2 rings (SSSR count). The minimum absolute atomic E-state index is 0.122. The van der Waals surface area contributed by atoms with Crippen molar-refractivity contribution in [3.63, 3.8) is 0 Å². The first kappa shape index (κ1) is 14.1. The maximum atomic E-state index is 13.3. The van der Waals surface area contributed by atoms with Gasteiger partial charge in [-0.25, -0.2) is 0 Å². The number of ether oxygens (including phenoxy) is 2. The molecule has 0 aliphatic carbocycles. The number of hydrogen-bond donors (Lipinski definition) is 0. The summed E-state index contributed by atoms with van der Waals surface area (Å²) < 4.78 is 36.8. The third kappa shape index (κ3) is 2.96. The average molecular weight is 276 g/mol. The van der Waals surface area contributed by atoms with E-state index in [0.717, 1.165) is 0 Å². The van der Waals surface area contributed by atoms with Crippen LogP contribution in [0.3, 0.4) is 0 Å². The van der Waals surface area contributed by atoms with Crippen molar-refractivity contribution in [1.82, 2.24) is 0 Å². The van der Waals surface area contributed by atoms with Gasteiger partial charge in [0.05, 0.1) is 19.8 Å². The maximum Gasteiger partial charge on any atom is 0.278 e. The molecule has 104 valence electrons. The summed E-state index contributed by atoms with van der Waals surface area (Å²) in [4.78, 5) is 0. The quantitative estimate of drug-likeness (QED) is 0.826. The summed E-state index contributed by atoms with van der Waals surface area (Å²) in [5, 5.41) is 0. The van der Waals surface area contributed by atoms with E-state index < -0.39 is 6.08 Å². The van der Waals surface area contributed by atoms with Gasteiger partial charge >= 0.3 is 0 Å². The van der Waals surface area contributed by atoms with Gasteiger partial charge in [-0.1, -0.05) is 24.3 Å². The fourth-order valence-electron chi connectivity index (χ4n) is 1.94. The van der Waals surface area contributed by atoms with Crippen LogP contribution in [-0.2, 0) is 0 Å². The van der Waals surface area contributed by atoms with Crippen LogP contribution in [0.1, 0.15) is 11.1 Å². The van der Waals surface area contributed by atoms with Gasteiger partial charge in [0.25, 0.3) is 6.08 Å². The van der Waals surface area contributed by atoms with Gasteiger partial charge in [0.1, 0.15) is 11.5 Å². The van der Waals surface area contributed by atoms with E-state index in [1.807, 2.05) is 0 Å². The summed E-state index contributed by atoms with van der Waals surface area (Å²) in [6.45, 7) is 0. The monoisotopic (exact) mass is 276 g/mol. The molecule has 0 aliphatic heterocycles. The molecule has 2 nitrogen and oxygen atoms in total. The highest BCUT2D eigenvalue weighted by Gasteiger charge is 2.13. The largest absolute Gasteiger partial charge is 0.497 e. The van der Waals surface area contributed by atoms with Crippen LogP contribution in [0.5, 0.6) is 11.5 Å². The van der Waals surface area contributed by atoms with E-state index in [-0.39, 0.29) is 5.57 Å². The number of rotatable bonds is 4. The highest BCUT2D eigenvalue weighted by atomic mass is 19.3. The van der Waals surface area contributed by atoms with Crippen LogP contribution in [0, 0.1) is 0 Å². The van der Waals surface area contributed by atoms with Gasteiger partial charge in [-0.2, -0.15) is 8.78 Å². The Morgan fingerprint density at radius 2 is 1.25 bits per heavy atom. The molecular weight excluding hydrogens is 262 g/mol. The highest BCUT2D eigenvalue weighted by molar-refractivity contribution is 5.81. The highest BCUT2D eigenvalue weighted by Crippen LogP contribution is 2.32. The van der Waals surface area contributed by atoms with Crippen LogP contribution < -0.4 is 9.47 Å². The molecule has 0 fully saturated rings. The second-order valence-electron chi connectivity index (χ2n) is 4.10. The van der Waals surface area contributed by atoms with Crippen molar-refractivity contribution in [2.24, 2.45) is 0 Å². The first-order chi connectivity index (χ1) is 9.65. The van der Waals surface area contributed by atoms with Crippen molar-refractivity contribution >= 4 is 5.57 Å². The zero-order chi connectivity index (χ0) is 14.5. The van der Waals surface area contributed by atoms with Gasteiger partial charge in [0.15, 0.2) is 0 Å². The Hall–Kier alpha value is -2.36. The lowest BCUT2D eigenvalue weighted by molar-refractivity contribution is 0.413. The van der Waals surface area contributed by atoms with Gasteiger partial charge in [-0.05, 0) is 35.4 Å². The van der Waals surface area contributed by atoms with Crippen LogP contribution in [-0.4, -0.2) is 14.2 Å². The van der Waals surface area contributed by atoms with E-state index in [4.69, 9.17) is 9.47 Å². The van der Waals surface area contributed by atoms with Crippen molar-refractivity contribution in [3.8, 4) is 11.5 Å². The molecule has 0 spiro atoms. The normalized spacial score (nSPS) is 10.0. The number of halogens is 2. The predicted molar refractivity (Wildman–Crippen MR) is 74.2 cm³/mol. The lowest BCUT2D eigenvalue weighted by Gasteiger charge is -2.10. The van der Waals surface area contributed by atoms with Gasteiger partial charge in [0.2, 0.25) is 0 Å². The van der Waals surface area contributed by atoms with E-state index in [1.54, 1.807) is 48.5 Å². The molecule has 0 atom stereocenters. The minimum Gasteiger partial charge on any atom is -0.497 e. The molecule has 0 bridgehead atoms. The first-order valence-corrected chi connectivity index (χ1v) is 6.00. The van der Waals surface area contributed by atoms with Gasteiger partial charge in [-0.15, -0.1) is 0 Å². The van der Waals surface area contributed by atoms with Crippen LogP contribution in [0.2, 0.25) is 0 Å². The third-order valence-electron chi connectivity index (χ3n) is 2.91. The predicted octanol–water partition coefficient (Wildman–Crippen LogP) is 4.36. The topological polar surface area (TPSA) is 18.5 Å². The van der Waals surface area contributed by atoms with Crippen LogP contribution in [0.25, 0.3) is 5.57 Å². The molecule has 0 saturated carbocycles. The molecule has 0 radical (unpaired) electrons. The fraction of sp³-hybridized carbons (Fsp3) is 0.125. The van der Waals surface area contributed by atoms with Crippen molar-refractivity contribution in [2.75, 3.05) is 14.2 Å². The Labute approximate surface area is 116 Å². The van der Waals surface area contributed by atoms with Crippen LogP contribution >= 0.6 is 0 Å². The summed E-state index contributed by atoms with van der Waals surface area (Å²) in [7, 11) is 3.00. The zero-order valence-corrected chi connectivity index (χ0v) is 11.2. The molecule has 4 heteroatoms. The molecule has 0 saturated heterocycles. The Morgan fingerprint density at radius 3 is 1.60 bits per heavy atom. The molecule has 0 amide bonds. The molecule has 0 aliphatic rings. The van der Waals surface area contributed by atoms with Crippen molar-refractivity contribution in [1.29, 1.82) is 0 Å². The molecule has 2 aromatic carbocycles.